The minimum atomic E-state index is -0.413. The van der Waals surface area contributed by atoms with Crippen molar-refractivity contribution in [3.63, 3.8) is 0 Å². The number of hydrogen-bond donors (Lipinski definition) is 2. The molecule has 0 heterocycles. The van der Waals surface area contributed by atoms with Crippen molar-refractivity contribution in [1.29, 1.82) is 0 Å². The van der Waals surface area contributed by atoms with Crippen molar-refractivity contribution in [3.8, 4) is 11.5 Å². The van der Waals surface area contributed by atoms with Crippen molar-refractivity contribution in [1.82, 2.24) is 0 Å². The first-order valence-electron chi connectivity index (χ1n) is 6.37. The van der Waals surface area contributed by atoms with E-state index in [1.54, 1.807) is 37.3 Å². The van der Waals surface area contributed by atoms with Crippen molar-refractivity contribution in [2.45, 2.75) is 13.5 Å². The SMILES string of the molecule is COc1cccc(CNc2cccc([N+](=O)[O-])c2C)c1O. The van der Waals surface area contributed by atoms with Gasteiger partial charge in [-0.3, -0.25) is 10.1 Å². The second-order valence-electron chi connectivity index (χ2n) is 4.53. The number of methoxy groups -OCH3 is 1. The average Bonchev–Trinajstić information content (AvgIpc) is 2.47. The van der Waals surface area contributed by atoms with Crippen LogP contribution in [0.3, 0.4) is 0 Å². The summed E-state index contributed by atoms with van der Waals surface area (Å²) in [6, 6.07) is 10.0. The molecule has 0 aliphatic carbocycles. The standard InChI is InChI=1S/C15H16N2O4/c1-10-12(6-4-7-13(10)17(19)20)16-9-11-5-3-8-14(21-2)15(11)18/h3-8,16,18H,9H2,1-2H3. The predicted octanol–water partition coefficient (Wildman–Crippen LogP) is 3.23. The van der Waals surface area contributed by atoms with Gasteiger partial charge in [0, 0.05) is 29.4 Å². The van der Waals surface area contributed by atoms with Crippen LogP contribution in [0.5, 0.6) is 11.5 Å². The Kier molecular flexibility index (Phi) is 4.27. The minimum absolute atomic E-state index is 0.0647. The molecule has 2 rings (SSSR count). The highest BCUT2D eigenvalue weighted by molar-refractivity contribution is 5.60. The van der Waals surface area contributed by atoms with Gasteiger partial charge in [0.15, 0.2) is 11.5 Å². The molecule has 0 unspecified atom stereocenters. The molecule has 0 aliphatic heterocycles. The monoisotopic (exact) mass is 288 g/mol. The lowest BCUT2D eigenvalue weighted by Gasteiger charge is -2.12. The van der Waals surface area contributed by atoms with Crippen molar-refractivity contribution < 1.29 is 14.8 Å². The molecule has 0 atom stereocenters. The molecular formula is C15H16N2O4. The first kappa shape index (κ1) is 14.6. The van der Waals surface area contributed by atoms with E-state index in [4.69, 9.17) is 4.74 Å². The average molecular weight is 288 g/mol. The molecule has 0 saturated carbocycles. The summed E-state index contributed by atoms with van der Waals surface area (Å²) in [4.78, 5) is 10.5. The Morgan fingerprint density at radius 1 is 1.29 bits per heavy atom. The van der Waals surface area contributed by atoms with E-state index >= 15 is 0 Å². The number of nitro groups is 1. The van der Waals surface area contributed by atoms with E-state index in [2.05, 4.69) is 5.32 Å². The predicted molar refractivity (Wildman–Crippen MR) is 79.8 cm³/mol. The zero-order valence-corrected chi connectivity index (χ0v) is 11.8. The largest absolute Gasteiger partial charge is 0.504 e. The van der Waals surface area contributed by atoms with E-state index in [9.17, 15) is 15.2 Å². The smallest absolute Gasteiger partial charge is 0.274 e. The Labute approximate surface area is 122 Å². The van der Waals surface area contributed by atoms with Gasteiger partial charge in [-0.25, -0.2) is 0 Å². The number of nitro benzene ring substituents is 1. The van der Waals surface area contributed by atoms with E-state index in [-0.39, 0.29) is 11.4 Å². The van der Waals surface area contributed by atoms with Crippen LogP contribution in [-0.4, -0.2) is 17.1 Å². The molecule has 110 valence electrons. The van der Waals surface area contributed by atoms with E-state index in [1.807, 2.05) is 0 Å². The molecular weight excluding hydrogens is 272 g/mol. The van der Waals surface area contributed by atoms with Gasteiger partial charge in [0.1, 0.15) is 0 Å². The van der Waals surface area contributed by atoms with Crippen LogP contribution in [0.4, 0.5) is 11.4 Å². The second-order valence-corrected chi connectivity index (χ2v) is 4.53. The Balaban J connectivity index is 2.21. The maximum atomic E-state index is 10.9. The third-order valence-electron chi connectivity index (χ3n) is 3.27. The van der Waals surface area contributed by atoms with Gasteiger partial charge in [0.25, 0.3) is 5.69 Å². The molecule has 6 nitrogen and oxygen atoms in total. The van der Waals surface area contributed by atoms with Crippen molar-refractivity contribution in [2.75, 3.05) is 12.4 Å². The van der Waals surface area contributed by atoms with Crippen LogP contribution in [0.1, 0.15) is 11.1 Å². The lowest BCUT2D eigenvalue weighted by Crippen LogP contribution is -2.03. The topological polar surface area (TPSA) is 84.6 Å². The van der Waals surface area contributed by atoms with Gasteiger partial charge in [0.05, 0.1) is 12.0 Å². The molecule has 6 heteroatoms. The highest BCUT2D eigenvalue weighted by atomic mass is 16.6. The van der Waals surface area contributed by atoms with Gasteiger partial charge < -0.3 is 15.2 Å². The number of phenols is 1. The van der Waals surface area contributed by atoms with Gasteiger partial charge in [-0.2, -0.15) is 0 Å². The normalized spacial score (nSPS) is 10.2. The number of aromatic hydroxyl groups is 1. The van der Waals surface area contributed by atoms with Crippen LogP contribution in [0.2, 0.25) is 0 Å². The van der Waals surface area contributed by atoms with Crippen LogP contribution in [0.15, 0.2) is 36.4 Å². The maximum absolute atomic E-state index is 10.9. The van der Waals surface area contributed by atoms with Crippen molar-refractivity contribution in [3.05, 3.63) is 57.6 Å². The Bertz CT molecular complexity index is 671. The molecule has 2 aromatic rings. The fraction of sp³-hybridized carbons (Fsp3) is 0.200. The van der Waals surface area contributed by atoms with Gasteiger partial charge in [-0.05, 0) is 19.1 Å². The number of nitrogens with one attached hydrogen (secondary N) is 1. The summed E-state index contributed by atoms with van der Waals surface area (Å²) < 4.78 is 5.04. The van der Waals surface area contributed by atoms with E-state index in [0.717, 1.165) is 0 Å². The summed E-state index contributed by atoms with van der Waals surface area (Å²) >= 11 is 0. The third kappa shape index (κ3) is 3.05. The number of para-hydroxylation sites is 1. The number of ether oxygens (including phenoxy) is 1. The lowest BCUT2D eigenvalue weighted by molar-refractivity contribution is -0.385. The van der Waals surface area contributed by atoms with Crippen LogP contribution >= 0.6 is 0 Å². The first-order chi connectivity index (χ1) is 10.0. The number of phenolic OH excluding ortho intramolecular Hbond substituents is 1. The fourth-order valence-corrected chi connectivity index (χ4v) is 2.08. The number of hydrogen-bond acceptors (Lipinski definition) is 5. The zero-order valence-electron chi connectivity index (χ0n) is 11.8. The Hall–Kier alpha value is -2.76. The molecule has 0 saturated heterocycles. The Morgan fingerprint density at radius 2 is 2.00 bits per heavy atom. The van der Waals surface area contributed by atoms with Crippen LogP contribution in [0, 0.1) is 17.0 Å². The summed E-state index contributed by atoms with van der Waals surface area (Å²) in [7, 11) is 1.48. The van der Waals surface area contributed by atoms with E-state index < -0.39 is 4.92 Å². The summed E-state index contributed by atoms with van der Waals surface area (Å²) in [5.41, 5.74) is 1.94. The zero-order chi connectivity index (χ0) is 15.4. The quantitative estimate of drug-likeness (QED) is 0.651. The molecule has 2 aromatic carbocycles. The molecule has 0 aliphatic rings. The molecule has 21 heavy (non-hydrogen) atoms. The molecule has 0 bridgehead atoms. The van der Waals surface area contributed by atoms with Crippen molar-refractivity contribution >= 4 is 11.4 Å². The number of rotatable bonds is 5. The molecule has 0 amide bonds. The third-order valence-corrected chi connectivity index (χ3v) is 3.27. The first-order valence-corrected chi connectivity index (χ1v) is 6.37. The summed E-state index contributed by atoms with van der Waals surface area (Å²) in [5.74, 6) is 0.459. The molecule has 0 fully saturated rings. The highest BCUT2D eigenvalue weighted by Crippen LogP contribution is 2.31. The van der Waals surface area contributed by atoms with Gasteiger partial charge in [-0.15, -0.1) is 0 Å². The summed E-state index contributed by atoms with van der Waals surface area (Å²) in [6.07, 6.45) is 0. The van der Waals surface area contributed by atoms with Crippen LogP contribution in [0.25, 0.3) is 0 Å². The summed E-state index contributed by atoms with van der Waals surface area (Å²) in [5, 5.41) is 24.0. The lowest BCUT2D eigenvalue weighted by atomic mass is 10.1. The van der Waals surface area contributed by atoms with E-state index in [1.165, 1.54) is 13.2 Å². The van der Waals surface area contributed by atoms with E-state index in [0.29, 0.717) is 29.1 Å². The minimum Gasteiger partial charge on any atom is -0.504 e. The highest BCUT2D eigenvalue weighted by Gasteiger charge is 2.13. The van der Waals surface area contributed by atoms with Crippen molar-refractivity contribution in [2.24, 2.45) is 0 Å². The second kappa shape index (κ2) is 6.13. The number of benzene rings is 2. The number of nitrogens with zero attached hydrogens (tertiary/aromatic N) is 1. The van der Waals surface area contributed by atoms with Crippen LogP contribution in [-0.2, 0) is 6.54 Å². The van der Waals surface area contributed by atoms with Crippen LogP contribution < -0.4 is 10.1 Å². The molecule has 0 radical (unpaired) electrons. The molecule has 2 N–H and O–H groups in total. The van der Waals surface area contributed by atoms with Gasteiger partial charge in [0.2, 0.25) is 0 Å². The molecule has 0 spiro atoms. The van der Waals surface area contributed by atoms with Gasteiger partial charge in [-0.1, -0.05) is 18.2 Å². The van der Waals surface area contributed by atoms with Gasteiger partial charge >= 0.3 is 0 Å². The molecule has 0 aromatic heterocycles. The maximum Gasteiger partial charge on any atom is 0.274 e. The summed E-state index contributed by atoms with van der Waals surface area (Å²) in [6.45, 7) is 2.02. The number of anilines is 1. The Morgan fingerprint density at radius 3 is 2.67 bits per heavy atom. The fourth-order valence-electron chi connectivity index (χ4n) is 2.08.